The van der Waals surface area contributed by atoms with Crippen molar-refractivity contribution in [3.63, 3.8) is 0 Å². The number of halogens is 1. The molecule has 1 fully saturated rings. The van der Waals surface area contributed by atoms with Gasteiger partial charge < -0.3 is 9.64 Å². The molecule has 0 aliphatic carbocycles. The minimum atomic E-state index is 0.347. The number of ether oxygens (including phenoxy) is 1. The summed E-state index contributed by atoms with van der Waals surface area (Å²) in [6.45, 7) is 6.87. The fourth-order valence-electron chi connectivity index (χ4n) is 1.88. The van der Waals surface area contributed by atoms with Crippen LogP contribution < -0.4 is 4.90 Å². The van der Waals surface area contributed by atoms with Crippen molar-refractivity contribution >= 4 is 21.7 Å². The molecule has 1 aliphatic rings. The first kappa shape index (κ1) is 11.9. The zero-order valence-electron chi connectivity index (χ0n) is 9.74. The van der Waals surface area contributed by atoms with Gasteiger partial charge in [0, 0.05) is 17.6 Å². The molecule has 1 aliphatic heterocycles. The summed E-state index contributed by atoms with van der Waals surface area (Å²) in [4.78, 5) is 6.89. The van der Waals surface area contributed by atoms with E-state index in [0.717, 1.165) is 42.1 Å². The fraction of sp³-hybridized carbons (Fsp3) is 0.583. The summed E-state index contributed by atoms with van der Waals surface area (Å²) in [5, 5.41) is 0. The van der Waals surface area contributed by atoms with Gasteiger partial charge >= 0.3 is 0 Å². The van der Waals surface area contributed by atoms with Gasteiger partial charge in [-0.25, -0.2) is 4.98 Å². The Morgan fingerprint density at radius 3 is 3.06 bits per heavy atom. The standard InChI is InChI=1S/C12H17BrN2O/c1-3-10-8-15(6-7-16-10)12-5-4-11(13)9(2)14-12/h4-5,10H,3,6-8H2,1-2H3. The molecule has 1 atom stereocenters. The summed E-state index contributed by atoms with van der Waals surface area (Å²) < 4.78 is 6.72. The molecule has 88 valence electrons. The zero-order chi connectivity index (χ0) is 11.5. The Morgan fingerprint density at radius 1 is 1.56 bits per heavy atom. The number of rotatable bonds is 2. The third kappa shape index (κ3) is 2.55. The quantitative estimate of drug-likeness (QED) is 0.835. The van der Waals surface area contributed by atoms with Crippen molar-refractivity contribution in [3.8, 4) is 0 Å². The third-order valence-electron chi connectivity index (χ3n) is 2.92. The lowest BCUT2D eigenvalue weighted by Gasteiger charge is -2.33. The van der Waals surface area contributed by atoms with Crippen LogP contribution in [0.1, 0.15) is 19.0 Å². The van der Waals surface area contributed by atoms with E-state index in [0.29, 0.717) is 6.10 Å². The first-order valence-corrected chi connectivity index (χ1v) is 6.49. The molecule has 0 amide bonds. The van der Waals surface area contributed by atoms with E-state index in [2.05, 4.69) is 44.9 Å². The first-order valence-electron chi connectivity index (χ1n) is 5.70. The molecule has 0 spiro atoms. The summed E-state index contributed by atoms with van der Waals surface area (Å²) in [6, 6.07) is 4.13. The van der Waals surface area contributed by atoms with Crippen molar-refractivity contribution in [3.05, 3.63) is 22.3 Å². The van der Waals surface area contributed by atoms with Crippen LogP contribution in [0, 0.1) is 6.92 Å². The number of hydrogen-bond acceptors (Lipinski definition) is 3. The van der Waals surface area contributed by atoms with Crippen LogP contribution in [0.5, 0.6) is 0 Å². The van der Waals surface area contributed by atoms with Gasteiger partial charge in [0.25, 0.3) is 0 Å². The number of morpholine rings is 1. The predicted molar refractivity (Wildman–Crippen MR) is 68.9 cm³/mol. The fourth-order valence-corrected chi connectivity index (χ4v) is 2.10. The number of hydrogen-bond donors (Lipinski definition) is 0. The van der Waals surface area contributed by atoms with Crippen LogP contribution in [-0.4, -0.2) is 30.8 Å². The van der Waals surface area contributed by atoms with E-state index in [1.807, 2.05) is 6.92 Å². The molecule has 0 saturated carbocycles. The molecule has 1 saturated heterocycles. The Hall–Kier alpha value is -0.610. The van der Waals surface area contributed by atoms with E-state index in [4.69, 9.17) is 4.74 Å². The second kappa shape index (κ2) is 5.15. The van der Waals surface area contributed by atoms with Crippen molar-refractivity contribution in [1.82, 2.24) is 4.98 Å². The average Bonchev–Trinajstić information content (AvgIpc) is 2.33. The van der Waals surface area contributed by atoms with Gasteiger partial charge in [-0.15, -0.1) is 0 Å². The largest absolute Gasteiger partial charge is 0.375 e. The maximum atomic E-state index is 5.65. The lowest BCUT2D eigenvalue weighted by atomic mass is 10.2. The van der Waals surface area contributed by atoms with E-state index in [-0.39, 0.29) is 0 Å². The van der Waals surface area contributed by atoms with E-state index >= 15 is 0 Å². The van der Waals surface area contributed by atoms with Crippen LogP contribution in [0.3, 0.4) is 0 Å². The summed E-state index contributed by atoms with van der Waals surface area (Å²) >= 11 is 3.47. The molecule has 0 aromatic carbocycles. The first-order chi connectivity index (χ1) is 7.70. The van der Waals surface area contributed by atoms with E-state index in [1.165, 1.54) is 0 Å². The minimum absolute atomic E-state index is 0.347. The lowest BCUT2D eigenvalue weighted by molar-refractivity contribution is 0.0381. The van der Waals surface area contributed by atoms with Crippen molar-refractivity contribution in [2.75, 3.05) is 24.6 Å². The molecule has 1 aromatic heterocycles. The number of aromatic nitrogens is 1. The monoisotopic (exact) mass is 284 g/mol. The molecular formula is C12H17BrN2O. The van der Waals surface area contributed by atoms with Crippen LogP contribution in [0.25, 0.3) is 0 Å². The molecule has 3 nitrogen and oxygen atoms in total. The van der Waals surface area contributed by atoms with Crippen molar-refractivity contribution in [1.29, 1.82) is 0 Å². The van der Waals surface area contributed by atoms with E-state index < -0.39 is 0 Å². The Morgan fingerprint density at radius 2 is 2.38 bits per heavy atom. The average molecular weight is 285 g/mol. The van der Waals surface area contributed by atoms with Crippen LogP contribution in [-0.2, 0) is 4.74 Å². The lowest BCUT2D eigenvalue weighted by Crippen LogP contribution is -2.42. The molecule has 1 aromatic rings. The summed E-state index contributed by atoms with van der Waals surface area (Å²) in [7, 11) is 0. The van der Waals surface area contributed by atoms with E-state index in [9.17, 15) is 0 Å². The number of nitrogens with zero attached hydrogens (tertiary/aromatic N) is 2. The van der Waals surface area contributed by atoms with Crippen LogP contribution in [0.15, 0.2) is 16.6 Å². The molecule has 2 heterocycles. The molecular weight excluding hydrogens is 268 g/mol. The van der Waals surface area contributed by atoms with Crippen LogP contribution in [0.2, 0.25) is 0 Å². The smallest absolute Gasteiger partial charge is 0.129 e. The highest BCUT2D eigenvalue weighted by molar-refractivity contribution is 9.10. The summed E-state index contributed by atoms with van der Waals surface area (Å²) in [6.07, 6.45) is 1.41. The Balaban J connectivity index is 2.13. The van der Waals surface area contributed by atoms with Crippen molar-refractivity contribution in [2.24, 2.45) is 0 Å². The Labute approximate surface area is 105 Å². The highest BCUT2D eigenvalue weighted by atomic mass is 79.9. The van der Waals surface area contributed by atoms with Gasteiger partial charge in [0.15, 0.2) is 0 Å². The molecule has 0 bridgehead atoms. The highest BCUT2D eigenvalue weighted by Crippen LogP contribution is 2.21. The van der Waals surface area contributed by atoms with E-state index in [1.54, 1.807) is 0 Å². The van der Waals surface area contributed by atoms with Crippen molar-refractivity contribution < 1.29 is 4.74 Å². The third-order valence-corrected chi connectivity index (χ3v) is 3.76. The maximum absolute atomic E-state index is 5.65. The molecule has 0 radical (unpaired) electrons. The van der Waals surface area contributed by atoms with Crippen molar-refractivity contribution in [2.45, 2.75) is 26.4 Å². The summed E-state index contributed by atoms with van der Waals surface area (Å²) in [5.41, 5.74) is 1.04. The minimum Gasteiger partial charge on any atom is -0.375 e. The molecule has 2 rings (SSSR count). The Bertz CT molecular complexity index is 370. The number of pyridine rings is 1. The van der Waals surface area contributed by atoms with Gasteiger partial charge in [-0.3, -0.25) is 0 Å². The topological polar surface area (TPSA) is 25.4 Å². The van der Waals surface area contributed by atoms with Gasteiger partial charge in [0.2, 0.25) is 0 Å². The van der Waals surface area contributed by atoms with Crippen LogP contribution >= 0.6 is 15.9 Å². The van der Waals surface area contributed by atoms with Gasteiger partial charge in [0.1, 0.15) is 5.82 Å². The zero-order valence-corrected chi connectivity index (χ0v) is 11.3. The summed E-state index contributed by atoms with van der Waals surface area (Å²) in [5.74, 6) is 1.06. The molecule has 0 N–H and O–H groups in total. The normalized spacial score (nSPS) is 21.2. The number of anilines is 1. The molecule has 16 heavy (non-hydrogen) atoms. The predicted octanol–water partition coefficient (Wildman–Crippen LogP) is 2.77. The van der Waals surface area contributed by atoms with Gasteiger partial charge in [0.05, 0.1) is 18.4 Å². The second-order valence-corrected chi connectivity index (χ2v) is 4.94. The van der Waals surface area contributed by atoms with Gasteiger partial charge in [-0.1, -0.05) is 6.92 Å². The second-order valence-electron chi connectivity index (χ2n) is 4.08. The van der Waals surface area contributed by atoms with Gasteiger partial charge in [-0.2, -0.15) is 0 Å². The number of aryl methyl sites for hydroxylation is 1. The SMILES string of the molecule is CCC1CN(c2ccc(Br)c(C)n2)CCO1. The van der Waals surface area contributed by atoms with Gasteiger partial charge in [-0.05, 0) is 41.4 Å². The maximum Gasteiger partial charge on any atom is 0.129 e. The Kier molecular flexibility index (Phi) is 3.82. The highest BCUT2D eigenvalue weighted by Gasteiger charge is 2.20. The molecule has 1 unspecified atom stereocenters. The molecule has 4 heteroatoms. The van der Waals surface area contributed by atoms with Crippen LogP contribution in [0.4, 0.5) is 5.82 Å².